The standard InChI is InChI=1S/C11H11NO/c13-11(10-7-4-8-12-10)9-5-2-1-3-6-9/h1-8,11-13H. The maximum absolute atomic E-state index is 9.85. The SMILES string of the molecule is OC(c1ccccc1)c1ccc[nH]1. The first-order valence-corrected chi connectivity index (χ1v) is 4.24. The number of rotatable bonds is 2. The first-order chi connectivity index (χ1) is 6.38. The van der Waals surface area contributed by atoms with Crippen molar-refractivity contribution in [1.82, 2.24) is 4.98 Å². The number of hydrogen-bond donors (Lipinski definition) is 2. The average molecular weight is 173 g/mol. The lowest BCUT2D eigenvalue weighted by atomic mass is 10.1. The van der Waals surface area contributed by atoms with E-state index in [9.17, 15) is 5.11 Å². The van der Waals surface area contributed by atoms with Crippen LogP contribution < -0.4 is 0 Å². The molecule has 2 rings (SSSR count). The van der Waals surface area contributed by atoms with Gasteiger partial charge in [-0.15, -0.1) is 0 Å². The summed E-state index contributed by atoms with van der Waals surface area (Å²) in [7, 11) is 0. The van der Waals surface area contributed by atoms with Crippen molar-refractivity contribution in [1.29, 1.82) is 0 Å². The van der Waals surface area contributed by atoms with Crippen molar-refractivity contribution in [2.45, 2.75) is 6.10 Å². The van der Waals surface area contributed by atoms with Gasteiger partial charge in [0.25, 0.3) is 0 Å². The van der Waals surface area contributed by atoms with E-state index in [2.05, 4.69) is 4.98 Å². The molecule has 1 aromatic carbocycles. The van der Waals surface area contributed by atoms with Gasteiger partial charge in [-0.3, -0.25) is 0 Å². The Labute approximate surface area is 76.9 Å². The van der Waals surface area contributed by atoms with Crippen molar-refractivity contribution in [3.63, 3.8) is 0 Å². The molecular formula is C11H11NO. The summed E-state index contributed by atoms with van der Waals surface area (Å²) >= 11 is 0. The summed E-state index contributed by atoms with van der Waals surface area (Å²) in [6.45, 7) is 0. The molecule has 2 nitrogen and oxygen atoms in total. The summed E-state index contributed by atoms with van der Waals surface area (Å²) < 4.78 is 0. The molecule has 2 aromatic rings. The smallest absolute Gasteiger partial charge is 0.119 e. The number of hydrogen-bond acceptors (Lipinski definition) is 1. The first-order valence-electron chi connectivity index (χ1n) is 4.24. The van der Waals surface area contributed by atoms with Gasteiger partial charge in [0, 0.05) is 11.9 Å². The van der Waals surface area contributed by atoms with Crippen LogP contribution in [0.5, 0.6) is 0 Å². The van der Waals surface area contributed by atoms with E-state index in [-0.39, 0.29) is 0 Å². The van der Waals surface area contributed by atoms with Gasteiger partial charge in [-0.25, -0.2) is 0 Å². The van der Waals surface area contributed by atoms with Gasteiger partial charge in [0.1, 0.15) is 6.10 Å². The molecule has 0 aliphatic heterocycles. The Balaban J connectivity index is 2.29. The molecule has 0 amide bonds. The minimum Gasteiger partial charge on any atom is -0.382 e. The first kappa shape index (κ1) is 8.08. The van der Waals surface area contributed by atoms with Gasteiger partial charge in [-0.1, -0.05) is 30.3 Å². The van der Waals surface area contributed by atoms with Crippen LogP contribution in [0.1, 0.15) is 17.4 Å². The Bertz CT molecular complexity index is 353. The second-order valence-electron chi connectivity index (χ2n) is 2.94. The van der Waals surface area contributed by atoms with Gasteiger partial charge in [0.15, 0.2) is 0 Å². The number of H-pyrrole nitrogens is 1. The zero-order valence-corrected chi connectivity index (χ0v) is 7.14. The Hall–Kier alpha value is -1.54. The molecule has 0 aliphatic rings. The lowest BCUT2D eigenvalue weighted by molar-refractivity contribution is 0.216. The van der Waals surface area contributed by atoms with Gasteiger partial charge in [0.2, 0.25) is 0 Å². The minimum atomic E-state index is -0.545. The Morgan fingerprint density at radius 2 is 1.77 bits per heavy atom. The highest BCUT2D eigenvalue weighted by molar-refractivity contribution is 5.25. The van der Waals surface area contributed by atoms with Crippen LogP contribution in [0, 0.1) is 0 Å². The molecule has 1 unspecified atom stereocenters. The topological polar surface area (TPSA) is 36.0 Å². The van der Waals surface area contributed by atoms with Crippen LogP contribution in [0.25, 0.3) is 0 Å². The molecule has 0 spiro atoms. The van der Waals surface area contributed by atoms with Gasteiger partial charge >= 0.3 is 0 Å². The summed E-state index contributed by atoms with van der Waals surface area (Å²) in [5.74, 6) is 0. The van der Waals surface area contributed by atoms with E-state index in [1.807, 2.05) is 48.7 Å². The second kappa shape index (κ2) is 3.46. The highest BCUT2D eigenvalue weighted by Gasteiger charge is 2.09. The van der Waals surface area contributed by atoms with Gasteiger partial charge in [-0.05, 0) is 17.7 Å². The molecule has 66 valence electrons. The summed E-state index contributed by atoms with van der Waals surface area (Å²) in [6, 6.07) is 13.3. The van der Waals surface area contributed by atoms with Crippen LogP contribution in [0.3, 0.4) is 0 Å². The van der Waals surface area contributed by atoms with Crippen LogP contribution in [0.4, 0.5) is 0 Å². The molecule has 2 heteroatoms. The number of aliphatic hydroxyl groups is 1. The lowest BCUT2D eigenvalue weighted by Gasteiger charge is -2.08. The molecule has 0 aliphatic carbocycles. The average Bonchev–Trinajstić information content (AvgIpc) is 2.71. The summed E-state index contributed by atoms with van der Waals surface area (Å²) in [4.78, 5) is 2.99. The van der Waals surface area contributed by atoms with Crippen LogP contribution in [-0.2, 0) is 0 Å². The fraction of sp³-hybridized carbons (Fsp3) is 0.0909. The third-order valence-corrected chi connectivity index (χ3v) is 2.03. The Morgan fingerprint density at radius 3 is 2.38 bits per heavy atom. The maximum Gasteiger partial charge on any atom is 0.119 e. The van der Waals surface area contributed by atoms with Crippen LogP contribution in [-0.4, -0.2) is 10.1 Å². The van der Waals surface area contributed by atoms with E-state index < -0.39 is 6.10 Å². The van der Waals surface area contributed by atoms with Gasteiger partial charge < -0.3 is 10.1 Å². The van der Waals surface area contributed by atoms with E-state index in [1.165, 1.54) is 0 Å². The van der Waals surface area contributed by atoms with E-state index in [1.54, 1.807) is 0 Å². The van der Waals surface area contributed by atoms with E-state index in [4.69, 9.17) is 0 Å². The maximum atomic E-state index is 9.85. The van der Waals surface area contributed by atoms with Crippen LogP contribution in [0.15, 0.2) is 48.7 Å². The van der Waals surface area contributed by atoms with Crippen molar-refractivity contribution in [2.75, 3.05) is 0 Å². The monoisotopic (exact) mass is 173 g/mol. The molecule has 0 radical (unpaired) electrons. The quantitative estimate of drug-likeness (QED) is 0.716. The number of nitrogens with one attached hydrogen (secondary N) is 1. The van der Waals surface area contributed by atoms with E-state index in [0.29, 0.717) is 0 Å². The van der Waals surface area contributed by atoms with Gasteiger partial charge in [-0.2, -0.15) is 0 Å². The summed E-state index contributed by atoms with van der Waals surface area (Å²) in [5.41, 5.74) is 1.73. The van der Waals surface area contributed by atoms with Crippen molar-refractivity contribution in [3.8, 4) is 0 Å². The highest BCUT2D eigenvalue weighted by atomic mass is 16.3. The zero-order valence-electron chi connectivity index (χ0n) is 7.14. The fourth-order valence-corrected chi connectivity index (χ4v) is 1.33. The normalized spacial score (nSPS) is 12.7. The Morgan fingerprint density at radius 1 is 1.00 bits per heavy atom. The molecule has 1 atom stereocenters. The predicted octanol–water partition coefficient (Wildman–Crippen LogP) is 2.10. The molecule has 2 N–H and O–H groups in total. The van der Waals surface area contributed by atoms with Gasteiger partial charge in [0.05, 0.1) is 0 Å². The molecule has 1 aromatic heterocycles. The number of aromatic amines is 1. The number of benzene rings is 1. The van der Waals surface area contributed by atoms with Crippen LogP contribution in [0.2, 0.25) is 0 Å². The fourth-order valence-electron chi connectivity index (χ4n) is 1.33. The van der Waals surface area contributed by atoms with E-state index >= 15 is 0 Å². The minimum absolute atomic E-state index is 0.545. The molecule has 0 bridgehead atoms. The number of aliphatic hydroxyl groups excluding tert-OH is 1. The second-order valence-corrected chi connectivity index (χ2v) is 2.94. The van der Waals surface area contributed by atoms with E-state index in [0.717, 1.165) is 11.3 Å². The van der Waals surface area contributed by atoms with Crippen LogP contribution >= 0.6 is 0 Å². The molecule has 0 saturated heterocycles. The summed E-state index contributed by atoms with van der Waals surface area (Å²) in [5, 5.41) is 9.85. The molecule has 0 saturated carbocycles. The largest absolute Gasteiger partial charge is 0.382 e. The van der Waals surface area contributed by atoms with Crippen molar-refractivity contribution in [3.05, 3.63) is 59.9 Å². The predicted molar refractivity (Wildman–Crippen MR) is 51.3 cm³/mol. The van der Waals surface area contributed by atoms with Crippen molar-refractivity contribution >= 4 is 0 Å². The molecular weight excluding hydrogens is 162 g/mol. The zero-order chi connectivity index (χ0) is 9.10. The Kier molecular flexibility index (Phi) is 2.15. The third kappa shape index (κ3) is 1.63. The molecule has 1 heterocycles. The number of aromatic nitrogens is 1. The third-order valence-electron chi connectivity index (χ3n) is 2.03. The summed E-state index contributed by atoms with van der Waals surface area (Å²) in [6.07, 6.45) is 1.26. The molecule has 13 heavy (non-hydrogen) atoms. The lowest BCUT2D eigenvalue weighted by Crippen LogP contribution is -1.98. The van der Waals surface area contributed by atoms with Crippen molar-refractivity contribution in [2.24, 2.45) is 0 Å². The molecule has 0 fully saturated rings. The highest BCUT2D eigenvalue weighted by Crippen LogP contribution is 2.19. The van der Waals surface area contributed by atoms with Crippen molar-refractivity contribution < 1.29 is 5.11 Å².